The van der Waals surface area contributed by atoms with E-state index in [-0.39, 0.29) is 5.91 Å². The zero-order chi connectivity index (χ0) is 13.8. The number of carbonyl (C=O) groups excluding carboxylic acids is 1. The summed E-state index contributed by atoms with van der Waals surface area (Å²) in [6, 6.07) is 8.45. The summed E-state index contributed by atoms with van der Waals surface area (Å²) in [5, 5.41) is 3.60. The van der Waals surface area contributed by atoms with Crippen LogP contribution in [0.1, 0.15) is 11.5 Å². The maximum atomic E-state index is 11.7. The number of nitrogens with one attached hydrogen (secondary N) is 1. The molecule has 0 bridgehead atoms. The zero-order valence-corrected chi connectivity index (χ0v) is 11.6. The number of hydrogen-bond donors (Lipinski definition) is 1. The fourth-order valence-corrected chi connectivity index (χ4v) is 2.04. The van der Waals surface area contributed by atoms with Gasteiger partial charge in [0, 0.05) is 21.8 Å². The van der Waals surface area contributed by atoms with Crippen LogP contribution in [0.4, 0.5) is 5.69 Å². The lowest BCUT2D eigenvalue weighted by atomic mass is 10.3. The molecule has 0 radical (unpaired) electrons. The van der Waals surface area contributed by atoms with Gasteiger partial charge in [0.2, 0.25) is 5.91 Å². The Bertz CT molecular complexity index is 612. The minimum Gasteiger partial charge on any atom is -0.462 e. The third kappa shape index (κ3) is 4.16. The second-order valence-electron chi connectivity index (χ2n) is 3.93. The lowest BCUT2D eigenvalue weighted by Gasteiger charge is -2.03. The third-order valence-corrected chi connectivity index (χ3v) is 2.73. The molecule has 98 valence electrons. The Kier molecular flexibility index (Phi) is 4.30. The van der Waals surface area contributed by atoms with Crippen LogP contribution in [0.25, 0.3) is 6.08 Å². The molecule has 1 aromatic carbocycles. The fourth-order valence-electron chi connectivity index (χ4n) is 1.51. The Morgan fingerprint density at radius 3 is 2.47 bits per heavy atom. The van der Waals surface area contributed by atoms with E-state index in [1.807, 2.05) is 13.0 Å². The Morgan fingerprint density at radius 2 is 1.89 bits per heavy atom. The maximum absolute atomic E-state index is 11.7. The molecule has 0 atom stereocenters. The van der Waals surface area contributed by atoms with E-state index in [9.17, 15) is 4.79 Å². The van der Waals surface area contributed by atoms with Crippen molar-refractivity contribution in [2.75, 3.05) is 5.32 Å². The van der Waals surface area contributed by atoms with Crippen LogP contribution in [-0.2, 0) is 4.79 Å². The molecule has 0 aliphatic heterocycles. The first kappa shape index (κ1) is 13.7. The predicted molar refractivity (Wildman–Crippen MR) is 77.6 cm³/mol. The maximum Gasteiger partial charge on any atom is 0.248 e. The summed E-state index contributed by atoms with van der Waals surface area (Å²) in [5.74, 6) is 1.13. The second kappa shape index (κ2) is 5.95. The van der Waals surface area contributed by atoms with Gasteiger partial charge in [0.05, 0.1) is 0 Å². The smallest absolute Gasteiger partial charge is 0.248 e. The van der Waals surface area contributed by atoms with Crippen LogP contribution in [0.15, 0.2) is 40.8 Å². The highest BCUT2D eigenvalue weighted by Crippen LogP contribution is 2.22. The van der Waals surface area contributed by atoms with Crippen molar-refractivity contribution in [1.82, 2.24) is 0 Å². The highest BCUT2D eigenvalue weighted by Gasteiger charge is 2.02. The lowest BCUT2D eigenvalue weighted by Crippen LogP contribution is -2.07. The van der Waals surface area contributed by atoms with E-state index in [0.717, 1.165) is 5.76 Å². The van der Waals surface area contributed by atoms with Crippen LogP contribution in [0, 0.1) is 6.92 Å². The molecule has 0 unspecified atom stereocenters. The number of anilines is 1. The first-order chi connectivity index (χ1) is 9.02. The first-order valence-corrected chi connectivity index (χ1v) is 6.30. The number of aryl methyl sites for hydroxylation is 1. The molecule has 1 amide bonds. The highest BCUT2D eigenvalue weighted by molar-refractivity contribution is 6.35. The number of carbonyl (C=O) groups is 1. The van der Waals surface area contributed by atoms with Crippen LogP contribution in [0.5, 0.6) is 0 Å². The molecular weight excluding hydrogens is 285 g/mol. The Hall–Kier alpha value is -1.71. The van der Waals surface area contributed by atoms with Crippen molar-refractivity contribution < 1.29 is 9.21 Å². The average Bonchev–Trinajstić information content (AvgIpc) is 2.71. The van der Waals surface area contributed by atoms with E-state index in [0.29, 0.717) is 21.5 Å². The van der Waals surface area contributed by atoms with E-state index >= 15 is 0 Å². The summed E-state index contributed by atoms with van der Waals surface area (Å²) in [7, 11) is 0. The topological polar surface area (TPSA) is 42.2 Å². The van der Waals surface area contributed by atoms with Crippen LogP contribution in [0.2, 0.25) is 10.0 Å². The molecule has 0 fully saturated rings. The fraction of sp³-hybridized carbons (Fsp3) is 0.0714. The molecule has 2 rings (SSSR count). The Morgan fingerprint density at radius 1 is 1.21 bits per heavy atom. The third-order valence-electron chi connectivity index (χ3n) is 2.29. The molecule has 0 aliphatic carbocycles. The summed E-state index contributed by atoms with van der Waals surface area (Å²) in [6.07, 6.45) is 2.97. The van der Waals surface area contributed by atoms with Crippen LogP contribution < -0.4 is 5.32 Å². The van der Waals surface area contributed by atoms with Crippen molar-refractivity contribution in [1.29, 1.82) is 0 Å². The average molecular weight is 296 g/mol. The van der Waals surface area contributed by atoms with Crippen molar-refractivity contribution in [2.24, 2.45) is 0 Å². The van der Waals surface area contributed by atoms with Crippen molar-refractivity contribution in [3.05, 3.63) is 58.0 Å². The van der Waals surface area contributed by atoms with Crippen molar-refractivity contribution in [3.63, 3.8) is 0 Å². The van der Waals surface area contributed by atoms with Crippen molar-refractivity contribution in [2.45, 2.75) is 6.92 Å². The first-order valence-electron chi connectivity index (χ1n) is 5.54. The van der Waals surface area contributed by atoms with Gasteiger partial charge in [-0.2, -0.15) is 0 Å². The Labute approximate surface area is 120 Å². The second-order valence-corrected chi connectivity index (χ2v) is 4.80. The summed E-state index contributed by atoms with van der Waals surface area (Å²) in [4.78, 5) is 11.7. The number of rotatable bonds is 3. The zero-order valence-electron chi connectivity index (χ0n) is 10.1. The molecule has 1 aromatic heterocycles. The molecule has 5 heteroatoms. The summed E-state index contributed by atoms with van der Waals surface area (Å²) in [5.41, 5.74) is 0.544. The number of hydrogen-bond acceptors (Lipinski definition) is 2. The molecular formula is C14H11Cl2NO2. The van der Waals surface area contributed by atoms with Gasteiger partial charge in [-0.25, -0.2) is 0 Å². The molecule has 0 saturated heterocycles. The van der Waals surface area contributed by atoms with E-state index in [2.05, 4.69) is 5.32 Å². The van der Waals surface area contributed by atoms with Gasteiger partial charge >= 0.3 is 0 Å². The van der Waals surface area contributed by atoms with E-state index in [1.54, 1.807) is 30.3 Å². The molecule has 0 saturated carbocycles. The molecule has 19 heavy (non-hydrogen) atoms. The predicted octanol–water partition coefficient (Wildman–Crippen LogP) is 4.55. The van der Waals surface area contributed by atoms with E-state index in [1.165, 1.54) is 6.08 Å². The molecule has 1 heterocycles. The molecule has 1 N–H and O–H groups in total. The lowest BCUT2D eigenvalue weighted by molar-refractivity contribution is -0.111. The summed E-state index contributed by atoms with van der Waals surface area (Å²) >= 11 is 11.7. The van der Waals surface area contributed by atoms with Crippen LogP contribution in [0.3, 0.4) is 0 Å². The number of amides is 1. The largest absolute Gasteiger partial charge is 0.462 e. The highest BCUT2D eigenvalue weighted by atomic mass is 35.5. The number of halogens is 2. The van der Waals surface area contributed by atoms with Gasteiger partial charge in [-0.15, -0.1) is 0 Å². The molecule has 3 nitrogen and oxygen atoms in total. The summed E-state index contributed by atoms with van der Waals surface area (Å²) in [6.45, 7) is 1.84. The molecule has 2 aromatic rings. The van der Waals surface area contributed by atoms with Gasteiger partial charge in [0.1, 0.15) is 11.5 Å². The SMILES string of the molecule is Cc1ccc(/C=C/C(=O)Nc2cc(Cl)cc(Cl)c2)o1. The van der Waals surface area contributed by atoms with Gasteiger partial charge < -0.3 is 9.73 Å². The standard InChI is InChI=1S/C14H11Cl2NO2/c1-9-2-3-13(19-9)4-5-14(18)17-12-7-10(15)6-11(16)8-12/h2-8H,1H3,(H,17,18)/b5-4+. The molecule has 0 aliphatic rings. The van der Waals surface area contributed by atoms with Crippen LogP contribution in [-0.4, -0.2) is 5.91 Å². The quantitative estimate of drug-likeness (QED) is 0.844. The van der Waals surface area contributed by atoms with E-state index in [4.69, 9.17) is 27.6 Å². The van der Waals surface area contributed by atoms with Gasteiger partial charge in [0.15, 0.2) is 0 Å². The van der Waals surface area contributed by atoms with E-state index < -0.39 is 0 Å². The monoisotopic (exact) mass is 295 g/mol. The van der Waals surface area contributed by atoms with Gasteiger partial charge in [0.25, 0.3) is 0 Å². The van der Waals surface area contributed by atoms with Gasteiger partial charge in [-0.05, 0) is 43.3 Å². The number of benzene rings is 1. The van der Waals surface area contributed by atoms with Crippen molar-refractivity contribution in [3.8, 4) is 0 Å². The molecule has 0 spiro atoms. The normalized spacial score (nSPS) is 10.9. The van der Waals surface area contributed by atoms with Gasteiger partial charge in [-0.1, -0.05) is 23.2 Å². The minimum absolute atomic E-state index is 0.285. The minimum atomic E-state index is -0.285. The van der Waals surface area contributed by atoms with Crippen molar-refractivity contribution >= 4 is 40.9 Å². The van der Waals surface area contributed by atoms with Crippen LogP contribution >= 0.6 is 23.2 Å². The summed E-state index contributed by atoms with van der Waals surface area (Å²) < 4.78 is 5.31. The van der Waals surface area contributed by atoms with Gasteiger partial charge in [-0.3, -0.25) is 4.79 Å². The Balaban J connectivity index is 2.03. The number of furan rings is 1.